The van der Waals surface area contributed by atoms with Crippen LogP contribution in [0.5, 0.6) is 5.75 Å². The molecular weight excluding hydrogens is 408 g/mol. The van der Waals surface area contributed by atoms with Crippen molar-refractivity contribution in [2.45, 2.75) is 39.0 Å². The predicted molar refractivity (Wildman–Crippen MR) is 124 cm³/mol. The fourth-order valence-corrected chi connectivity index (χ4v) is 4.75. The Balaban J connectivity index is 1.42. The summed E-state index contributed by atoms with van der Waals surface area (Å²) in [4.78, 5) is 17.8. The van der Waals surface area contributed by atoms with Crippen LogP contribution in [0.1, 0.15) is 47.8 Å². The minimum atomic E-state index is -0.155. The molecular formula is C24H24N4O2S. The number of anilines is 1. The zero-order valence-electron chi connectivity index (χ0n) is 17.4. The molecule has 1 amide bonds. The van der Waals surface area contributed by atoms with Crippen LogP contribution in [0.2, 0.25) is 0 Å². The fraction of sp³-hybridized carbons (Fsp3) is 0.292. The molecule has 0 radical (unpaired) electrons. The number of rotatable bonds is 7. The van der Waals surface area contributed by atoms with Crippen LogP contribution in [0.25, 0.3) is 15.3 Å². The maximum Gasteiger partial charge on any atom is 0.256 e. The smallest absolute Gasteiger partial charge is 0.256 e. The van der Waals surface area contributed by atoms with Crippen LogP contribution in [0.15, 0.2) is 48.5 Å². The Morgan fingerprint density at radius 2 is 2.00 bits per heavy atom. The van der Waals surface area contributed by atoms with E-state index >= 15 is 0 Å². The van der Waals surface area contributed by atoms with Crippen molar-refractivity contribution < 1.29 is 9.53 Å². The Labute approximate surface area is 184 Å². The predicted octanol–water partition coefficient (Wildman–Crippen LogP) is 5.40. The van der Waals surface area contributed by atoms with E-state index in [1.165, 1.54) is 0 Å². The monoisotopic (exact) mass is 432 g/mol. The number of thiazole rings is 1. The van der Waals surface area contributed by atoms with Crippen LogP contribution in [0.4, 0.5) is 5.82 Å². The van der Waals surface area contributed by atoms with E-state index in [4.69, 9.17) is 14.8 Å². The van der Waals surface area contributed by atoms with E-state index < -0.39 is 0 Å². The first kappa shape index (κ1) is 19.8. The molecule has 0 spiro atoms. The van der Waals surface area contributed by atoms with Crippen LogP contribution < -0.4 is 10.1 Å². The molecule has 0 fully saturated rings. The van der Waals surface area contributed by atoms with E-state index in [9.17, 15) is 4.79 Å². The number of carbonyl (C=O) groups is 1. The minimum absolute atomic E-state index is 0.155. The van der Waals surface area contributed by atoms with E-state index in [2.05, 4.69) is 18.3 Å². The van der Waals surface area contributed by atoms with Crippen molar-refractivity contribution in [3.8, 4) is 10.9 Å². The van der Waals surface area contributed by atoms with E-state index in [1.807, 2.05) is 30.3 Å². The number of nitrogens with zero attached hydrogens (tertiary/aromatic N) is 3. The molecule has 0 aliphatic heterocycles. The summed E-state index contributed by atoms with van der Waals surface area (Å²) in [6.45, 7) is 2.82. The lowest BCUT2D eigenvalue weighted by molar-refractivity contribution is 0.102. The number of nitrogens with one attached hydrogen (secondary N) is 1. The number of aromatic nitrogens is 3. The third-order valence-electron chi connectivity index (χ3n) is 5.49. The van der Waals surface area contributed by atoms with Gasteiger partial charge in [0.1, 0.15) is 11.6 Å². The first-order valence-corrected chi connectivity index (χ1v) is 11.6. The summed E-state index contributed by atoms with van der Waals surface area (Å²) in [5.41, 5.74) is 3.70. The first-order chi connectivity index (χ1) is 15.2. The topological polar surface area (TPSA) is 69.0 Å². The number of carbonyl (C=O) groups excluding carboxylic acids is 1. The number of para-hydroxylation sites is 1. The number of fused-ring (bicyclic) bond motifs is 2. The highest BCUT2D eigenvalue weighted by molar-refractivity contribution is 7.20. The Morgan fingerprint density at radius 1 is 1.16 bits per heavy atom. The van der Waals surface area contributed by atoms with Gasteiger partial charge in [-0.2, -0.15) is 9.78 Å². The summed E-state index contributed by atoms with van der Waals surface area (Å²) in [6.07, 6.45) is 5.02. The zero-order valence-corrected chi connectivity index (χ0v) is 18.2. The molecule has 0 unspecified atom stereocenters. The van der Waals surface area contributed by atoms with Gasteiger partial charge in [-0.05, 0) is 62.1 Å². The molecule has 0 atom stereocenters. The molecule has 2 heterocycles. The largest absolute Gasteiger partial charge is 0.494 e. The zero-order chi connectivity index (χ0) is 21.2. The molecule has 1 aliphatic rings. The number of hydrogen-bond donors (Lipinski definition) is 1. The van der Waals surface area contributed by atoms with Gasteiger partial charge in [-0.1, -0.05) is 36.8 Å². The first-order valence-electron chi connectivity index (χ1n) is 10.7. The molecule has 2 aromatic carbocycles. The number of amides is 1. The number of hydrogen-bond acceptors (Lipinski definition) is 5. The van der Waals surface area contributed by atoms with Gasteiger partial charge in [-0.25, -0.2) is 4.98 Å². The van der Waals surface area contributed by atoms with Gasteiger partial charge in [0.2, 0.25) is 5.13 Å². The maximum atomic E-state index is 13.0. The molecule has 6 nitrogen and oxygen atoms in total. The molecule has 0 saturated carbocycles. The van der Waals surface area contributed by atoms with E-state index in [-0.39, 0.29) is 5.91 Å². The lowest BCUT2D eigenvalue weighted by atomic mass is 10.2. The second-order valence-corrected chi connectivity index (χ2v) is 8.69. The van der Waals surface area contributed by atoms with E-state index in [0.717, 1.165) is 70.3 Å². The average Bonchev–Trinajstić information content (AvgIpc) is 3.49. The number of unbranched alkanes of at least 4 members (excludes halogenated alkanes) is 1. The number of benzene rings is 2. The van der Waals surface area contributed by atoms with Crippen LogP contribution in [-0.4, -0.2) is 27.3 Å². The second-order valence-electron chi connectivity index (χ2n) is 7.68. The molecule has 0 bridgehead atoms. The van der Waals surface area contributed by atoms with Gasteiger partial charge in [0.05, 0.1) is 22.5 Å². The quantitative estimate of drug-likeness (QED) is 0.397. The molecule has 2 aromatic heterocycles. The number of ether oxygens (including phenoxy) is 1. The normalized spacial score (nSPS) is 12.8. The Morgan fingerprint density at radius 3 is 2.81 bits per heavy atom. The summed E-state index contributed by atoms with van der Waals surface area (Å²) in [6, 6.07) is 15.3. The van der Waals surface area contributed by atoms with Crippen LogP contribution in [0.3, 0.4) is 0 Å². The van der Waals surface area contributed by atoms with Crippen molar-refractivity contribution in [1.82, 2.24) is 14.8 Å². The summed E-state index contributed by atoms with van der Waals surface area (Å²) in [7, 11) is 0. The highest BCUT2D eigenvalue weighted by Crippen LogP contribution is 2.34. The van der Waals surface area contributed by atoms with Crippen LogP contribution in [0, 0.1) is 0 Å². The Hall–Kier alpha value is -3.19. The fourth-order valence-electron chi connectivity index (χ4n) is 3.83. The van der Waals surface area contributed by atoms with Crippen LogP contribution >= 0.6 is 11.3 Å². The molecule has 7 heteroatoms. The molecule has 158 valence electrons. The van der Waals surface area contributed by atoms with E-state index in [1.54, 1.807) is 28.2 Å². The van der Waals surface area contributed by atoms with Gasteiger partial charge < -0.3 is 10.1 Å². The van der Waals surface area contributed by atoms with Crippen molar-refractivity contribution >= 4 is 33.3 Å². The van der Waals surface area contributed by atoms with Gasteiger partial charge in [0.25, 0.3) is 5.91 Å². The maximum absolute atomic E-state index is 13.0. The highest BCUT2D eigenvalue weighted by atomic mass is 32.1. The molecule has 4 aromatic rings. The third kappa shape index (κ3) is 3.93. The van der Waals surface area contributed by atoms with Gasteiger partial charge in [-0.3, -0.25) is 4.79 Å². The molecule has 0 saturated heterocycles. The van der Waals surface area contributed by atoms with Gasteiger partial charge in [0.15, 0.2) is 0 Å². The van der Waals surface area contributed by atoms with Gasteiger partial charge >= 0.3 is 0 Å². The summed E-state index contributed by atoms with van der Waals surface area (Å²) < 4.78 is 8.60. The summed E-state index contributed by atoms with van der Waals surface area (Å²) >= 11 is 1.58. The molecule has 1 N–H and O–H groups in total. The Kier molecular flexibility index (Phi) is 5.42. The lowest BCUT2D eigenvalue weighted by Gasteiger charge is -2.10. The second kappa shape index (κ2) is 8.51. The Bertz CT molecular complexity index is 1190. The average molecular weight is 433 g/mol. The van der Waals surface area contributed by atoms with Crippen molar-refractivity contribution in [1.29, 1.82) is 0 Å². The highest BCUT2D eigenvalue weighted by Gasteiger charge is 2.26. The summed E-state index contributed by atoms with van der Waals surface area (Å²) in [5, 5.41) is 8.67. The standard InChI is InChI=1S/C24H24N4O2S/c1-2-3-15-30-17-13-11-16(12-14-17)23(29)26-22-18-7-6-9-19(18)27-28(22)24-25-20-8-4-5-10-21(20)31-24/h4-5,8,10-14H,2-3,6-7,9,15H2,1H3,(H,26,29). The lowest BCUT2D eigenvalue weighted by Crippen LogP contribution is -2.16. The van der Waals surface area contributed by atoms with Crippen LogP contribution in [-0.2, 0) is 12.8 Å². The molecule has 31 heavy (non-hydrogen) atoms. The number of aryl methyl sites for hydroxylation is 1. The van der Waals surface area contributed by atoms with Crippen molar-refractivity contribution in [3.05, 3.63) is 65.4 Å². The SMILES string of the molecule is CCCCOc1ccc(C(=O)Nc2c3c(nn2-c2nc4ccccc4s2)CCC3)cc1. The third-order valence-corrected chi connectivity index (χ3v) is 6.50. The molecule has 5 rings (SSSR count). The van der Waals surface area contributed by atoms with Crippen molar-refractivity contribution in [2.24, 2.45) is 0 Å². The van der Waals surface area contributed by atoms with E-state index in [0.29, 0.717) is 12.2 Å². The minimum Gasteiger partial charge on any atom is -0.494 e. The van der Waals surface area contributed by atoms with Crippen molar-refractivity contribution in [2.75, 3.05) is 11.9 Å². The molecule has 1 aliphatic carbocycles. The van der Waals surface area contributed by atoms with Gasteiger partial charge in [0, 0.05) is 11.1 Å². The van der Waals surface area contributed by atoms with Crippen molar-refractivity contribution in [3.63, 3.8) is 0 Å². The van der Waals surface area contributed by atoms with Gasteiger partial charge in [-0.15, -0.1) is 0 Å². The summed E-state index contributed by atoms with van der Waals surface area (Å²) in [5.74, 6) is 1.36.